The van der Waals surface area contributed by atoms with Crippen LogP contribution in [-0.2, 0) is 0 Å². The summed E-state index contributed by atoms with van der Waals surface area (Å²) in [4.78, 5) is 16.2. The minimum atomic E-state index is -0.120. The minimum Gasteiger partial charge on any atom is -0.340 e. The van der Waals surface area contributed by atoms with Crippen LogP contribution in [0.3, 0.4) is 0 Å². The third-order valence-corrected chi connectivity index (χ3v) is 5.82. The van der Waals surface area contributed by atoms with Crippen molar-refractivity contribution in [3.63, 3.8) is 0 Å². The maximum absolute atomic E-state index is 12.9. The Kier molecular flexibility index (Phi) is 5.10. The second kappa shape index (κ2) is 7.02. The molecule has 0 aliphatic carbocycles. The average molecular weight is 391 g/mol. The fourth-order valence-corrected chi connectivity index (χ4v) is 4.29. The normalized spacial score (nSPS) is 11.9. The predicted molar refractivity (Wildman–Crippen MR) is 108 cm³/mol. The van der Waals surface area contributed by atoms with Crippen LogP contribution in [0, 0.1) is 12.3 Å². The van der Waals surface area contributed by atoms with E-state index >= 15 is 0 Å². The molecule has 0 atom stereocenters. The number of para-hydroxylation sites is 1. The molecule has 1 amide bonds. The van der Waals surface area contributed by atoms with E-state index in [1.54, 1.807) is 4.90 Å². The molecule has 0 bridgehead atoms. The van der Waals surface area contributed by atoms with Crippen LogP contribution >= 0.6 is 22.9 Å². The van der Waals surface area contributed by atoms with Crippen molar-refractivity contribution < 1.29 is 4.79 Å². The van der Waals surface area contributed by atoms with Crippen molar-refractivity contribution in [2.45, 2.75) is 20.8 Å². The monoisotopic (exact) mass is 390 g/mol. The van der Waals surface area contributed by atoms with Crippen molar-refractivity contribution in [1.29, 1.82) is 0 Å². The topological polar surface area (TPSA) is 64.2 Å². The molecule has 0 aliphatic heterocycles. The Hall–Kier alpha value is -1.89. The van der Waals surface area contributed by atoms with Crippen molar-refractivity contribution in [3.05, 3.63) is 45.9 Å². The molecule has 0 saturated heterocycles. The Bertz CT molecular complexity index is 960. The number of rotatable bonds is 5. The lowest BCUT2D eigenvalue weighted by Gasteiger charge is -2.28. The van der Waals surface area contributed by atoms with Gasteiger partial charge in [0.25, 0.3) is 5.91 Å². The van der Waals surface area contributed by atoms with Crippen LogP contribution in [0.1, 0.15) is 29.2 Å². The summed E-state index contributed by atoms with van der Waals surface area (Å²) >= 11 is 7.77. The highest BCUT2D eigenvalue weighted by Gasteiger charge is 2.24. The zero-order chi connectivity index (χ0) is 19.1. The van der Waals surface area contributed by atoms with Crippen molar-refractivity contribution >= 4 is 39.1 Å². The number of fused-ring (bicyclic) bond motifs is 1. The van der Waals surface area contributed by atoms with Crippen LogP contribution in [0.2, 0.25) is 5.02 Å². The van der Waals surface area contributed by atoms with Gasteiger partial charge in [-0.05, 0) is 37.1 Å². The molecule has 3 aromatic rings. The van der Waals surface area contributed by atoms with E-state index in [1.807, 2.05) is 49.0 Å². The van der Waals surface area contributed by atoms with Gasteiger partial charge in [-0.25, -0.2) is 4.68 Å². The van der Waals surface area contributed by atoms with E-state index in [-0.39, 0.29) is 11.3 Å². The van der Waals surface area contributed by atoms with E-state index in [2.05, 4.69) is 18.9 Å². The molecule has 0 unspecified atom stereocenters. The number of aryl methyl sites for hydroxylation is 1. The molecule has 7 heteroatoms. The number of nitrogens with two attached hydrogens (primary N) is 1. The van der Waals surface area contributed by atoms with Crippen molar-refractivity contribution in [2.24, 2.45) is 11.1 Å². The molecular weight excluding hydrogens is 368 g/mol. The summed E-state index contributed by atoms with van der Waals surface area (Å²) in [6.07, 6.45) is 0. The first-order valence-corrected chi connectivity index (χ1v) is 9.62. The van der Waals surface area contributed by atoms with Gasteiger partial charge in [0.1, 0.15) is 4.83 Å². The molecule has 2 heterocycles. The highest BCUT2D eigenvalue weighted by atomic mass is 35.5. The Labute approximate surface area is 162 Å². The quantitative estimate of drug-likeness (QED) is 0.713. The van der Waals surface area contributed by atoms with Gasteiger partial charge in [0.2, 0.25) is 0 Å². The molecule has 3 rings (SSSR count). The molecule has 26 heavy (non-hydrogen) atoms. The largest absolute Gasteiger partial charge is 0.340 e. The predicted octanol–water partition coefficient (Wildman–Crippen LogP) is 4.11. The highest BCUT2D eigenvalue weighted by Crippen LogP contribution is 2.33. The summed E-state index contributed by atoms with van der Waals surface area (Å²) < 4.78 is 1.82. The summed E-state index contributed by atoms with van der Waals surface area (Å²) in [7, 11) is 1.82. The molecule has 2 N–H and O–H groups in total. The van der Waals surface area contributed by atoms with E-state index in [1.165, 1.54) is 11.3 Å². The third-order valence-electron chi connectivity index (χ3n) is 4.40. The summed E-state index contributed by atoms with van der Waals surface area (Å²) in [6, 6.07) is 9.49. The molecule has 2 aromatic heterocycles. The average Bonchev–Trinajstić information content (AvgIpc) is 3.15. The molecule has 0 saturated carbocycles. The van der Waals surface area contributed by atoms with Gasteiger partial charge >= 0.3 is 0 Å². The fourth-order valence-electron chi connectivity index (χ4n) is 2.91. The Morgan fingerprint density at radius 1 is 1.38 bits per heavy atom. The SMILES string of the molecule is Cc1nn(-c2ccccc2Cl)c2sc(C(=O)N(C)CC(C)(C)CN)cc12. The number of aromatic nitrogens is 2. The highest BCUT2D eigenvalue weighted by molar-refractivity contribution is 7.20. The summed E-state index contributed by atoms with van der Waals surface area (Å²) in [5.41, 5.74) is 7.36. The van der Waals surface area contributed by atoms with Gasteiger partial charge in [-0.15, -0.1) is 11.3 Å². The van der Waals surface area contributed by atoms with E-state index < -0.39 is 0 Å². The van der Waals surface area contributed by atoms with Gasteiger partial charge in [-0.1, -0.05) is 37.6 Å². The van der Waals surface area contributed by atoms with E-state index in [9.17, 15) is 4.79 Å². The molecule has 0 spiro atoms. The van der Waals surface area contributed by atoms with Crippen molar-refractivity contribution in [3.8, 4) is 5.69 Å². The lowest BCUT2D eigenvalue weighted by atomic mass is 9.93. The first-order valence-electron chi connectivity index (χ1n) is 8.43. The van der Waals surface area contributed by atoms with Gasteiger partial charge in [0.05, 0.1) is 21.3 Å². The zero-order valence-corrected chi connectivity index (χ0v) is 17.0. The van der Waals surface area contributed by atoms with Crippen LogP contribution in [0.5, 0.6) is 0 Å². The van der Waals surface area contributed by atoms with E-state index in [4.69, 9.17) is 17.3 Å². The van der Waals surface area contributed by atoms with Crippen LogP contribution in [0.4, 0.5) is 0 Å². The summed E-state index contributed by atoms with van der Waals surface area (Å²) in [5, 5.41) is 6.20. The fraction of sp³-hybridized carbons (Fsp3) is 0.368. The Morgan fingerprint density at radius 2 is 2.08 bits per heavy atom. The zero-order valence-electron chi connectivity index (χ0n) is 15.4. The molecule has 138 valence electrons. The van der Waals surface area contributed by atoms with Crippen LogP contribution < -0.4 is 5.73 Å². The van der Waals surface area contributed by atoms with Gasteiger partial charge in [0, 0.05) is 19.0 Å². The van der Waals surface area contributed by atoms with Crippen molar-refractivity contribution in [1.82, 2.24) is 14.7 Å². The van der Waals surface area contributed by atoms with Crippen LogP contribution in [0.25, 0.3) is 15.9 Å². The van der Waals surface area contributed by atoms with Crippen LogP contribution in [0.15, 0.2) is 30.3 Å². The molecule has 5 nitrogen and oxygen atoms in total. The second-order valence-corrected chi connectivity index (χ2v) is 8.75. The molecular formula is C19H23ClN4OS. The number of hydrogen-bond donors (Lipinski definition) is 1. The number of hydrogen-bond acceptors (Lipinski definition) is 4. The summed E-state index contributed by atoms with van der Waals surface area (Å²) in [5.74, 6) is -0.00201. The van der Waals surface area contributed by atoms with Gasteiger partial charge in [-0.3, -0.25) is 4.79 Å². The third kappa shape index (κ3) is 3.49. The van der Waals surface area contributed by atoms with Gasteiger partial charge < -0.3 is 10.6 Å². The maximum Gasteiger partial charge on any atom is 0.263 e. The van der Waals surface area contributed by atoms with Crippen LogP contribution in [-0.4, -0.2) is 40.7 Å². The first kappa shape index (κ1) is 18.9. The Morgan fingerprint density at radius 3 is 2.73 bits per heavy atom. The lowest BCUT2D eigenvalue weighted by molar-refractivity contribution is 0.0745. The van der Waals surface area contributed by atoms with Gasteiger partial charge in [-0.2, -0.15) is 5.10 Å². The van der Waals surface area contributed by atoms with E-state index in [0.29, 0.717) is 23.0 Å². The minimum absolute atomic E-state index is 0.00201. The maximum atomic E-state index is 12.9. The molecule has 0 aliphatic rings. The Balaban J connectivity index is 1.99. The lowest BCUT2D eigenvalue weighted by Crippen LogP contribution is -2.39. The number of thiophene rings is 1. The number of benzene rings is 1. The standard InChI is InChI=1S/C19H23ClN4OS/c1-12-13-9-16(17(25)23(4)11-19(2,3)10-21)26-18(13)24(22-12)15-8-6-5-7-14(15)20/h5-9H,10-11,21H2,1-4H3. The van der Waals surface area contributed by atoms with Gasteiger partial charge in [0.15, 0.2) is 0 Å². The second-order valence-electron chi connectivity index (χ2n) is 7.31. The van der Waals surface area contributed by atoms with E-state index in [0.717, 1.165) is 21.6 Å². The number of halogens is 1. The molecule has 0 radical (unpaired) electrons. The first-order chi connectivity index (χ1) is 12.2. The van der Waals surface area contributed by atoms with Crippen molar-refractivity contribution in [2.75, 3.05) is 20.1 Å². The smallest absolute Gasteiger partial charge is 0.263 e. The number of carbonyl (C=O) groups excluding carboxylic acids is 1. The summed E-state index contributed by atoms with van der Waals surface area (Å²) in [6.45, 7) is 7.18. The number of carbonyl (C=O) groups is 1. The molecule has 0 fully saturated rings. The molecule has 1 aromatic carbocycles. The number of amides is 1. The number of nitrogens with zero attached hydrogens (tertiary/aromatic N) is 3.